The number of rotatable bonds is 6. The number of hydrogen-bond acceptors (Lipinski definition) is 3. The van der Waals surface area contributed by atoms with Crippen molar-refractivity contribution in [2.45, 2.75) is 25.8 Å². The zero-order valence-corrected chi connectivity index (χ0v) is 10.2. The van der Waals surface area contributed by atoms with Crippen LogP contribution in [0.3, 0.4) is 0 Å². The predicted octanol–water partition coefficient (Wildman–Crippen LogP) is 1.95. The summed E-state index contributed by atoms with van der Waals surface area (Å²) in [7, 11) is 0. The molecule has 4 heteroatoms. The maximum Gasteiger partial charge on any atom is 0.124 e. The first kappa shape index (κ1) is 13.0. The molecule has 0 aromatic heterocycles. The zero-order valence-electron chi connectivity index (χ0n) is 10.2. The van der Waals surface area contributed by atoms with Gasteiger partial charge in [0, 0.05) is 19.7 Å². The van der Waals surface area contributed by atoms with Crippen LogP contribution in [-0.2, 0) is 6.54 Å². The van der Waals surface area contributed by atoms with Crippen molar-refractivity contribution in [1.82, 2.24) is 5.32 Å². The van der Waals surface area contributed by atoms with Gasteiger partial charge in [-0.3, -0.25) is 0 Å². The van der Waals surface area contributed by atoms with Crippen LogP contribution in [0.2, 0.25) is 0 Å². The van der Waals surface area contributed by atoms with E-state index >= 15 is 0 Å². The largest absolute Gasteiger partial charge is 0.396 e. The van der Waals surface area contributed by atoms with Gasteiger partial charge in [-0.1, -0.05) is 0 Å². The number of benzene rings is 1. The first-order valence-electron chi connectivity index (χ1n) is 6.19. The molecule has 0 unspecified atom stereocenters. The van der Waals surface area contributed by atoms with Crippen molar-refractivity contribution in [3.05, 3.63) is 35.1 Å². The summed E-state index contributed by atoms with van der Waals surface area (Å²) in [6, 6.07) is 6.32. The van der Waals surface area contributed by atoms with E-state index < -0.39 is 0 Å². The number of aliphatic hydroxyl groups is 1. The van der Waals surface area contributed by atoms with Gasteiger partial charge >= 0.3 is 0 Å². The number of hydrogen-bond donors (Lipinski definition) is 2. The van der Waals surface area contributed by atoms with Crippen LogP contribution in [0.4, 0.5) is 4.39 Å². The summed E-state index contributed by atoms with van der Waals surface area (Å²) in [5.41, 5.74) is 1.38. The van der Waals surface area contributed by atoms with Crippen molar-refractivity contribution in [3.63, 3.8) is 0 Å². The molecule has 0 bridgehead atoms. The second-order valence-corrected chi connectivity index (χ2v) is 5.04. The summed E-state index contributed by atoms with van der Waals surface area (Å²) < 4.78 is 13.2. The summed E-state index contributed by atoms with van der Waals surface area (Å²) in [6.07, 6.45) is 3.12. The molecule has 1 aromatic rings. The fourth-order valence-corrected chi connectivity index (χ4v) is 2.22. The van der Waals surface area contributed by atoms with Crippen LogP contribution in [-0.4, -0.2) is 18.3 Å². The predicted molar refractivity (Wildman–Crippen MR) is 66.2 cm³/mol. The van der Waals surface area contributed by atoms with Gasteiger partial charge in [-0.05, 0) is 48.4 Å². The van der Waals surface area contributed by atoms with Crippen LogP contribution in [0.15, 0.2) is 18.2 Å². The van der Waals surface area contributed by atoms with Gasteiger partial charge < -0.3 is 10.4 Å². The van der Waals surface area contributed by atoms with Crippen LogP contribution in [0.1, 0.15) is 30.4 Å². The van der Waals surface area contributed by atoms with Gasteiger partial charge in [0.15, 0.2) is 0 Å². The number of halogens is 1. The average Bonchev–Trinajstić information content (AvgIpc) is 3.09. The first-order chi connectivity index (χ1) is 8.67. The Hall–Kier alpha value is -1.44. The van der Waals surface area contributed by atoms with Crippen molar-refractivity contribution >= 4 is 0 Å². The Labute approximate surface area is 106 Å². The molecule has 1 aliphatic rings. The van der Waals surface area contributed by atoms with Gasteiger partial charge in [0.2, 0.25) is 0 Å². The minimum Gasteiger partial charge on any atom is -0.396 e. The third-order valence-corrected chi connectivity index (χ3v) is 3.52. The molecule has 0 amide bonds. The smallest absolute Gasteiger partial charge is 0.124 e. The van der Waals surface area contributed by atoms with E-state index in [9.17, 15) is 4.39 Å². The summed E-state index contributed by atoms with van der Waals surface area (Å²) in [5, 5.41) is 21.0. The Morgan fingerprint density at radius 1 is 1.39 bits per heavy atom. The molecule has 1 fully saturated rings. The number of aliphatic hydroxyl groups excluding tert-OH is 1. The van der Waals surface area contributed by atoms with E-state index in [0.717, 1.165) is 31.4 Å². The Bertz CT molecular complexity index is 463. The highest BCUT2D eigenvalue weighted by Gasteiger charge is 2.41. The summed E-state index contributed by atoms with van der Waals surface area (Å²) >= 11 is 0. The van der Waals surface area contributed by atoms with E-state index in [2.05, 4.69) is 5.32 Å². The van der Waals surface area contributed by atoms with Crippen molar-refractivity contribution in [2.24, 2.45) is 5.41 Å². The van der Waals surface area contributed by atoms with Gasteiger partial charge in [0.25, 0.3) is 0 Å². The summed E-state index contributed by atoms with van der Waals surface area (Å²) in [6.45, 7) is 1.62. The van der Waals surface area contributed by atoms with Crippen LogP contribution >= 0.6 is 0 Å². The molecule has 3 nitrogen and oxygen atoms in total. The average molecular weight is 248 g/mol. The lowest BCUT2D eigenvalue weighted by Crippen LogP contribution is -2.24. The maximum absolute atomic E-state index is 13.2. The molecule has 0 radical (unpaired) electrons. The normalized spacial score (nSPS) is 16.3. The maximum atomic E-state index is 13.2. The first-order valence-corrected chi connectivity index (χ1v) is 6.19. The number of nitrogens with one attached hydrogen (secondary N) is 1. The third-order valence-electron chi connectivity index (χ3n) is 3.52. The molecule has 0 heterocycles. The Balaban J connectivity index is 1.87. The van der Waals surface area contributed by atoms with Crippen LogP contribution in [0, 0.1) is 22.6 Å². The second-order valence-electron chi connectivity index (χ2n) is 5.04. The molecule has 0 spiro atoms. The Morgan fingerprint density at radius 2 is 2.17 bits per heavy atom. The molecule has 1 saturated carbocycles. The molecule has 1 aromatic carbocycles. The molecule has 2 N–H and O–H groups in total. The second kappa shape index (κ2) is 5.47. The highest BCUT2D eigenvalue weighted by molar-refractivity contribution is 5.33. The van der Waals surface area contributed by atoms with Crippen molar-refractivity contribution < 1.29 is 9.50 Å². The van der Waals surface area contributed by atoms with Gasteiger partial charge in [-0.15, -0.1) is 0 Å². The van der Waals surface area contributed by atoms with Crippen molar-refractivity contribution in [3.8, 4) is 6.07 Å². The van der Waals surface area contributed by atoms with Gasteiger partial charge in [0.1, 0.15) is 5.82 Å². The molecule has 0 aliphatic heterocycles. The Morgan fingerprint density at radius 3 is 2.78 bits per heavy atom. The molecule has 0 saturated heterocycles. The van der Waals surface area contributed by atoms with Crippen molar-refractivity contribution in [1.29, 1.82) is 5.26 Å². The van der Waals surface area contributed by atoms with E-state index in [1.807, 2.05) is 6.07 Å². The monoisotopic (exact) mass is 248 g/mol. The van der Waals surface area contributed by atoms with E-state index in [1.54, 1.807) is 6.07 Å². The van der Waals surface area contributed by atoms with E-state index in [-0.39, 0.29) is 17.8 Å². The fourth-order valence-electron chi connectivity index (χ4n) is 2.22. The molecular formula is C14H17FN2O. The van der Waals surface area contributed by atoms with Crippen LogP contribution in [0.5, 0.6) is 0 Å². The lowest BCUT2D eigenvalue weighted by molar-refractivity contribution is 0.245. The van der Waals surface area contributed by atoms with E-state index in [0.29, 0.717) is 12.1 Å². The lowest BCUT2D eigenvalue weighted by Gasteiger charge is -2.14. The SMILES string of the molecule is N#Cc1cc(F)cc(CNCC2(CCO)CC2)c1. The fraction of sp³-hybridized carbons (Fsp3) is 0.500. The summed E-state index contributed by atoms with van der Waals surface area (Å²) in [5.74, 6) is -0.373. The molecular weight excluding hydrogens is 231 g/mol. The standard InChI is InChI=1S/C14H17FN2O/c15-13-6-11(8-16)5-12(7-13)9-17-10-14(1-2-14)3-4-18/h5-7,17-18H,1-4,9-10H2. The highest BCUT2D eigenvalue weighted by atomic mass is 19.1. The highest BCUT2D eigenvalue weighted by Crippen LogP contribution is 2.47. The zero-order chi connectivity index (χ0) is 13.0. The molecule has 96 valence electrons. The Kier molecular flexibility index (Phi) is 3.95. The van der Waals surface area contributed by atoms with Gasteiger partial charge in [-0.2, -0.15) is 5.26 Å². The van der Waals surface area contributed by atoms with Crippen LogP contribution in [0.25, 0.3) is 0 Å². The topological polar surface area (TPSA) is 56.0 Å². The molecule has 0 atom stereocenters. The van der Waals surface area contributed by atoms with Crippen LogP contribution < -0.4 is 5.32 Å². The lowest BCUT2D eigenvalue weighted by atomic mass is 10.0. The van der Waals surface area contributed by atoms with Gasteiger partial charge in [-0.25, -0.2) is 4.39 Å². The minimum absolute atomic E-state index is 0.222. The van der Waals surface area contributed by atoms with Crippen molar-refractivity contribution in [2.75, 3.05) is 13.2 Å². The van der Waals surface area contributed by atoms with Gasteiger partial charge in [0.05, 0.1) is 11.6 Å². The molecule has 1 aliphatic carbocycles. The quantitative estimate of drug-likeness (QED) is 0.809. The van der Waals surface area contributed by atoms with E-state index in [4.69, 9.17) is 10.4 Å². The summed E-state index contributed by atoms with van der Waals surface area (Å²) in [4.78, 5) is 0. The van der Waals surface area contributed by atoms with E-state index in [1.165, 1.54) is 12.1 Å². The number of nitriles is 1. The number of nitrogens with zero attached hydrogens (tertiary/aromatic N) is 1. The molecule has 2 rings (SSSR count). The minimum atomic E-state index is -0.373. The third kappa shape index (κ3) is 3.28. The molecule has 18 heavy (non-hydrogen) atoms.